The molecule has 1 aromatic heterocycles. The molecule has 0 radical (unpaired) electrons. The van der Waals surface area contributed by atoms with Crippen LogP contribution in [-0.2, 0) is 4.79 Å². The summed E-state index contributed by atoms with van der Waals surface area (Å²) in [4.78, 5) is 42.4. The third-order valence-corrected chi connectivity index (χ3v) is 3.68. The van der Waals surface area contributed by atoms with Gasteiger partial charge in [0.25, 0.3) is 5.91 Å². The summed E-state index contributed by atoms with van der Waals surface area (Å²) in [6.45, 7) is 4.25. The van der Waals surface area contributed by atoms with Gasteiger partial charge in [-0.1, -0.05) is 0 Å². The van der Waals surface area contributed by atoms with Crippen LogP contribution in [0.4, 0.5) is 0 Å². The zero-order valence-corrected chi connectivity index (χ0v) is 12.2. The zero-order chi connectivity index (χ0) is 15.8. The Kier molecular flexibility index (Phi) is 3.67. The molecule has 21 heavy (non-hydrogen) atoms. The van der Waals surface area contributed by atoms with Gasteiger partial charge in [-0.05, 0) is 26.0 Å². The van der Waals surface area contributed by atoms with Crippen molar-refractivity contribution < 1.29 is 19.5 Å². The predicted octanol–water partition coefficient (Wildman–Crippen LogP) is 0.473. The summed E-state index contributed by atoms with van der Waals surface area (Å²) in [5.41, 5.74) is -0.803. The van der Waals surface area contributed by atoms with E-state index in [0.717, 1.165) is 6.20 Å². The molecule has 0 aromatic carbocycles. The van der Waals surface area contributed by atoms with Crippen molar-refractivity contribution in [2.75, 3.05) is 20.1 Å². The van der Waals surface area contributed by atoms with E-state index in [1.165, 1.54) is 17.0 Å². The lowest BCUT2D eigenvalue weighted by molar-refractivity contribution is -0.144. The van der Waals surface area contributed by atoms with Gasteiger partial charge in [-0.2, -0.15) is 0 Å². The van der Waals surface area contributed by atoms with E-state index in [1.807, 2.05) is 0 Å². The molecule has 7 heteroatoms. The first kappa shape index (κ1) is 15.0. The Bertz CT molecular complexity index is 595. The van der Waals surface area contributed by atoms with Gasteiger partial charge < -0.3 is 14.9 Å². The molecule has 112 valence electrons. The first-order valence-corrected chi connectivity index (χ1v) is 6.52. The Morgan fingerprint density at radius 3 is 2.48 bits per heavy atom. The van der Waals surface area contributed by atoms with Crippen molar-refractivity contribution >= 4 is 17.8 Å². The molecular weight excluding hydrogens is 274 g/mol. The molecule has 2 rings (SSSR count). The van der Waals surface area contributed by atoms with Gasteiger partial charge in [-0.25, -0.2) is 4.79 Å². The summed E-state index contributed by atoms with van der Waals surface area (Å²) in [5, 5.41) is 8.82. The topological polar surface area (TPSA) is 90.8 Å². The molecule has 1 saturated heterocycles. The van der Waals surface area contributed by atoms with Crippen molar-refractivity contribution in [3.63, 3.8) is 0 Å². The number of likely N-dealkylation sites (N-methyl/N-ethyl adjacent to an activating group) is 1. The quantitative estimate of drug-likeness (QED) is 0.855. The van der Waals surface area contributed by atoms with E-state index in [9.17, 15) is 14.4 Å². The maximum absolute atomic E-state index is 12.5. The molecule has 1 aliphatic rings. The number of carbonyl (C=O) groups is 3. The van der Waals surface area contributed by atoms with E-state index < -0.39 is 11.5 Å². The number of pyridine rings is 1. The minimum Gasteiger partial charge on any atom is -0.478 e. The van der Waals surface area contributed by atoms with E-state index in [2.05, 4.69) is 4.98 Å². The molecule has 1 aliphatic heterocycles. The van der Waals surface area contributed by atoms with E-state index in [4.69, 9.17) is 5.11 Å². The van der Waals surface area contributed by atoms with Gasteiger partial charge in [-0.3, -0.25) is 14.6 Å². The molecule has 0 saturated carbocycles. The molecular formula is C14H17N3O4. The van der Waals surface area contributed by atoms with Crippen LogP contribution in [-0.4, -0.2) is 63.4 Å². The summed E-state index contributed by atoms with van der Waals surface area (Å²) in [5.74, 6) is -1.61. The van der Waals surface area contributed by atoms with Crippen molar-refractivity contribution in [2.24, 2.45) is 0 Å². The first-order chi connectivity index (χ1) is 9.75. The van der Waals surface area contributed by atoms with E-state index >= 15 is 0 Å². The second-order valence-electron chi connectivity index (χ2n) is 5.48. The summed E-state index contributed by atoms with van der Waals surface area (Å²) < 4.78 is 0. The fraction of sp³-hybridized carbons (Fsp3) is 0.429. The summed E-state index contributed by atoms with van der Waals surface area (Å²) in [6.07, 6.45) is 1.14. The van der Waals surface area contributed by atoms with Crippen LogP contribution in [0.25, 0.3) is 0 Å². The third-order valence-electron chi connectivity index (χ3n) is 3.68. The molecule has 0 aliphatic carbocycles. The van der Waals surface area contributed by atoms with Crippen LogP contribution in [0.15, 0.2) is 18.3 Å². The molecule has 7 nitrogen and oxygen atoms in total. The highest BCUT2D eigenvalue weighted by atomic mass is 16.4. The third kappa shape index (κ3) is 2.58. The maximum atomic E-state index is 12.5. The fourth-order valence-corrected chi connectivity index (χ4v) is 2.35. The normalized spacial score (nSPS) is 17.8. The standard InChI is InChI=1S/C14H17N3O4/c1-14(2)13(21)16(3)6-7-17(14)11(18)10-5-4-9(8-15-10)12(19)20/h4-5,8H,6-7H2,1-3H3,(H,19,20). The highest BCUT2D eigenvalue weighted by Crippen LogP contribution is 2.23. The Morgan fingerprint density at radius 1 is 1.29 bits per heavy atom. The second-order valence-corrected chi connectivity index (χ2v) is 5.48. The van der Waals surface area contributed by atoms with Crippen molar-refractivity contribution in [2.45, 2.75) is 19.4 Å². The van der Waals surface area contributed by atoms with Gasteiger partial charge in [0.2, 0.25) is 5.91 Å². The largest absolute Gasteiger partial charge is 0.478 e. The van der Waals surface area contributed by atoms with E-state index in [1.54, 1.807) is 25.8 Å². The summed E-state index contributed by atoms with van der Waals surface area (Å²) >= 11 is 0. The highest BCUT2D eigenvalue weighted by Gasteiger charge is 2.43. The predicted molar refractivity (Wildman–Crippen MR) is 73.9 cm³/mol. The number of nitrogens with zero attached hydrogens (tertiary/aromatic N) is 3. The molecule has 1 fully saturated rings. The molecule has 0 bridgehead atoms. The van der Waals surface area contributed by atoms with E-state index in [0.29, 0.717) is 13.1 Å². The van der Waals surface area contributed by atoms with Crippen molar-refractivity contribution in [1.29, 1.82) is 0 Å². The fourth-order valence-electron chi connectivity index (χ4n) is 2.35. The Morgan fingerprint density at radius 2 is 1.95 bits per heavy atom. The van der Waals surface area contributed by atoms with Gasteiger partial charge >= 0.3 is 5.97 Å². The number of carboxylic acid groups (broad SMARTS) is 1. The molecule has 0 spiro atoms. The van der Waals surface area contributed by atoms with Gasteiger partial charge in [0.15, 0.2) is 0 Å². The number of aromatic nitrogens is 1. The van der Waals surface area contributed by atoms with Crippen LogP contribution < -0.4 is 0 Å². The molecule has 0 unspecified atom stereocenters. The Balaban J connectivity index is 2.27. The monoisotopic (exact) mass is 291 g/mol. The van der Waals surface area contributed by atoms with Crippen molar-refractivity contribution in [3.8, 4) is 0 Å². The number of aromatic carboxylic acids is 1. The van der Waals surface area contributed by atoms with Crippen LogP contribution in [0.5, 0.6) is 0 Å². The molecule has 1 aromatic rings. The van der Waals surface area contributed by atoms with E-state index in [-0.39, 0.29) is 23.1 Å². The van der Waals surface area contributed by atoms with Crippen LogP contribution in [0.3, 0.4) is 0 Å². The Labute approximate surface area is 122 Å². The number of amides is 2. The lowest BCUT2D eigenvalue weighted by Gasteiger charge is -2.44. The molecule has 2 amide bonds. The van der Waals surface area contributed by atoms with Crippen molar-refractivity contribution in [1.82, 2.24) is 14.8 Å². The highest BCUT2D eigenvalue weighted by molar-refractivity contribution is 5.99. The van der Waals surface area contributed by atoms with Crippen LogP contribution in [0.2, 0.25) is 0 Å². The smallest absolute Gasteiger partial charge is 0.337 e. The van der Waals surface area contributed by atoms with Crippen molar-refractivity contribution in [3.05, 3.63) is 29.6 Å². The van der Waals surface area contributed by atoms with Gasteiger partial charge in [-0.15, -0.1) is 0 Å². The van der Waals surface area contributed by atoms with Crippen LogP contribution in [0.1, 0.15) is 34.7 Å². The number of hydrogen-bond acceptors (Lipinski definition) is 4. The number of carbonyl (C=O) groups excluding carboxylic acids is 2. The summed E-state index contributed by atoms with van der Waals surface area (Å²) in [6, 6.07) is 2.69. The average molecular weight is 291 g/mol. The Hall–Kier alpha value is -2.44. The second kappa shape index (κ2) is 5.16. The lowest BCUT2D eigenvalue weighted by Crippen LogP contribution is -2.63. The summed E-state index contributed by atoms with van der Waals surface area (Å²) in [7, 11) is 1.70. The molecule has 2 heterocycles. The van der Waals surface area contributed by atoms with Crippen LogP contribution in [0, 0.1) is 0 Å². The minimum absolute atomic E-state index is 0.0141. The number of piperazine rings is 1. The number of hydrogen-bond donors (Lipinski definition) is 1. The number of carboxylic acids is 1. The number of rotatable bonds is 2. The maximum Gasteiger partial charge on any atom is 0.337 e. The minimum atomic E-state index is -1.10. The van der Waals surface area contributed by atoms with Gasteiger partial charge in [0.1, 0.15) is 11.2 Å². The van der Waals surface area contributed by atoms with Crippen LogP contribution >= 0.6 is 0 Å². The zero-order valence-electron chi connectivity index (χ0n) is 12.2. The SMILES string of the molecule is CN1CCN(C(=O)c2ccc(C(=O)O)cn2)C(C)(C)C1=O. The lowest BCUT2D eigenvalue weighted by atomic mass is 9.97. The average Bonchev–Trinajstić information content (AvgIpc) is 2.44. The first-order valence-electron chi connectivity index (χ1n) is 6.52. The van der Waals surface area contributed by atoms with Gasteiger partial charge in [0, 0.05) is 26.3 Å². The molecule has 1 N–H and O–H groups in total. The molecule has 0 atom stereocenters. The van der Waals surface area contributed by atoms with Gasteiger partial charge in [0.05, 0.1) is 5.56 Å².